The van der Waals surface area contributed by atoms with Gasteiger partial charge in [0, 0.05) is 13.0 Å². The van der Waals surface area contributed by atoms with E-state index in [4.69, 9.17) is 11.6 Å². The first-order valence-corrected chi connectivity index (χ1v) is 8.54. The third-order valence-corrected chi connectivity index (χ3v) is 3.78. The van der Waals surface area contributed by atoms with Gasteiger partial charge in [0.15, 0.2) is 0 Å². The normalized spacial score (nSPS) is 12.0. The predicted molar refractivity (Wildman–Crippen MR) is 86.5 cm³/mol. The molecule has 0 aromatic carbocycles. The molecular formula is C16H30ClNO3. The van der Waals surface area contributed by atoms with Crippen molar-refractivity contribution in [1.29, 1.82) is 0 Å². The minimum Gasteiger partial charge on any atom is -0.468 e. The topological polar surface area (TPSA) is 55.4 Å². The summed E-state index contributed by atoms with van der Waals surface area (Å²) >= 11 is 5.74. The Hall–Kier alpha value is -0.770. The zero-order valence-corrected chi connectivity index (χ0v) is 14.2. The van der Waals surface area contributed by atoms with Crippen LogP contribution in [0, 0.1) is 0 Å². The Morgan fingerprint density at radius 2 is 1.52 bits per heavy atom. The minimum atomic E-state index is -0.804. The molecule has 1 N–H and O–H groups in total. The molecule has 4 nitrogen and oxygen atoms in total. The summed E-state index contributed by atoms with van der Waals surface area (Å²) in [6.07, 6.45) is 11.5. The average Bonchev–Trinajstić information content (AvgIpc) is 2.50. The largest absolute Gasteiger partial charge is 0.468 e. The number of hydrogen-bond acceptors (Lipinski definition) is 3. The van der Waals surface area contributed by atoms with E-state index in [0.29, 0.717) is 6.42 Å². The van der Waals surface area contributed by atoms with Crippen molar-refractivity contribution in [3.63, 3.8) is 0 Å². The molecule has 1 atom stereocenters. The van der Waals surface area contributed by atoms with Gasteiger partial charge in [-0.25, -0.2) is 0 Å². The maximum absolute atomic E-state index is 11.5. The number of hydrogen-bond donors (Lipinski definition) is 1. The zero-order valence-electron chi connectivity index (χ0n) is 13.5. The van der Waals surface area contributed by atoms with Gasteiger partial charge >= 0.3 is 5.97 Å². The highest BCUT2D eigenvalue weighted by Crippen LogP contribution is 2.10. The second kappa shape index (κ2) is 14.2. The smallest absolute Gasteiger partial charge is 0.325 e. The van der Waals surface area contributed by atoms with E-state index in [9.17, 15) is 9.59 Å². The number of amides is 1. The highest BCUT2D eigenvalue weighted by Gasteiger charge is 2.16. The van der Waals surface area contributed by atoms with Gasteiger partial charge < -0.3 is 10.1 Å². The van der Waals surface area contributed by atoms with Crippen molar-refractivity contribution in [1.82, 2.24) is 5.32 Å². The molecule has 0 rings (SSSR count). The molecule has 124 valence electrons. The fourth-order valence-electron chi connectivity index (χ4n) is 2.10. The first kappa shape index (κ1) is 20.2. The number of esters is 1. The first-order valence-electron chi connectivity index (χ1n) is 8.10. The number of ether oxygens (including phenoxy) is 1. The summed E-state index contributed by atoms with van der Waals surface area (Å²) in [5.41, 5.74) is 0. The van der Waals surface area contributed by atoms with E-state index >= 15 is 0 Å². The summed E-state index contributed by atoms with van der Waals surface area (Å²) in [5, 5.41) is 1.85. The molecule has 0 spiro atoms. The third-order valence-electron chi connectivity index (χ3n) is 3.44. The summed E-state index contributed by atoms with van der Waals surface area (Å²) in [7, 11) is 1.28. The number of halogens is 1. The number of nitrogens with one attached hydrogen (secondary N) is 1. The van der Waals surface area contributed by atoms with Gasteiger partial charge in [0.05, 0.1) is 7.11 Å². The molecular weight excluding hydrogens is 290 g/mol. The fraction of sp³-hybridized carbons (Fsp3) is 0.875. The van der Waals surface area contributed by atoms with Gasteiger partial charge in [0.1, 0.15) is 5.38 Å². The van der Waals surface area contributed by atoms with Crippen LogP contribution in [0.5, 0.6) is 0 Å². The van der Waals surface area contributed by atoms with Crippen molar-refractivity contribution < 1.29 is 14.3 Å². The molecule has 21 heavy (non-hydrogen) atoms. The summed E-state index contributed by atoms with van der Waals surface area (Å²) in [4.78, 5) is 22.6. The number of methoxy groups -OCH3 is 1. The van der Waals surface area contributed by atoms with Gasteiger partial charge in [-0.1, -0.05) is 58.3 Å². The molecule has 0 aromatic heterocycles. The molecule has 0 heterocycles. The Balaban J connectivity index is 3.36. The minimum absolute atomic E-state index is 0.0486. The summed E-state index contributed by atoms with van der Waals surface area (Å²) in [5.74, 6) is -0.562. The van der Waals surface area contributed by atoms with Crippen LogP contribution in [-0.2, 0) is 14.3 Å². The Kier molecular flexibility index (Phi) is 13.7. The molecule has 0 radical (unpaired) electrons. The maximum atomic E-state index is 11.5. The van der Waals surface area contributed by atoms with Crippen molar-refractivity contribution in [3.05, 3.63) is 0 Å². The molecule has 1 amide bonds. The molecule has 0 fully saturated rings. The molecule has 0 bridgehead atoms. The first-order chi connectivity index (χ1) is 10.1. The lowest BCUT2D eigenvalue weighted by Gasteiger charge is -2.08. The number of rotatable bonds is 13. The highest BCUT2D eigenvalue weighted by molar-refractivity contribution is 6.30. The Morgan fingerprint density at radius 3 is 2.05 bits per heavy atom. The number of carbonyl (C=O) groups is 2. The van der Waals surface area contributed by atoms with Crippen LogP contribution in [0.4, 0.5) is 0 Å². The quantitative estimate of drug-likeness (QED) is 0.319. The molecule has 0 saturated heterocycles. The van der Waals surface area contributed by atoms with E-state index < -0.39 is 11.3 Å². The van der Waals surface area contributed by atoms with Crippen LogP contribution in [0.1, 0.15) is 71.1 Å². The fourth-order valence-corrected chi connectivity index (χ4v) is 2.27. The van der Waals surface area contributed by atoms with Gasteiger partial charge in [-0.3, -0.25) is 9.59 Å². The molecule has 0 aliphatic carbocycles. The second-order valence-electron chi connectivity index (χ2n) is 5.37. The lowest BCUT2D eigenvalue weighted by atomic mass is 10.1. The van der Waals surface area contributed by atoms with E-state index in [0.717, 1.165) is 12.8 Å². The summed E-state index contributed by atoms with van der Waals surface area (Å²) in [6, 6.07) is 0. The van der Waals surface area contributed by atoms with E-state index in [1.54, 1.807) is 0 Å². The van der Waals surface area contributed by atoms with E-state index in [1.165, 1.54) is 52.1 Å². The van der Waals surface area contributed by atoms with Crippen molar-refractivity contribution in [2.45, 2.75) is 76.5 Å². The van der Waals surface area contributed by atoms with Crippen molar-refractivity contribution in [2.75, 3.05) is 13.7 Å². The van der Waals surface area contributed by atoms with Crippen LogP contribution in [0.2, 0.25) is 0 Å². The zero-order chi connectivity index (χ0) is 15.9. The lowest BCUT2D eigenvalue weighted by molar-refractivity contribution is -0.140. The molecule has 5 heteroatoms. The van der Waals surface area contributed by atoms with Crippen LogP contribution in [0.15, 0.2) is 0 Å². The number of alkyl halides is 1. The highest BCUT2D eigenvalue weighted by atomic mass is 35.5. The molecule has 1 unspecified atom stereocenters. The van der Waals surface area contributed by atoms with Crippen LogP contribution in [0.25, 0.3) is 0 Å². The molecule has 0 saturated carbocycles. The van der Waals surface area contributed by atoms with Gasteiger partial charge in [-0.05, 0) is 6.42 Å². The molecule has 0 aliphatic rings. The average molecular weight is 320 g/mol. The van der Waals surface area contributed by atoms with Crippen LogP contribution < -0.4 is 5.32 Å². The van der Waals surface area contributed by atoms with Crippen molar-refractivity contribution in [2.24, 2.45) is 0 Å². The van der Waals surface area contributed by atoms with Crippen LogP contribution in [-0.4, -0.2) is 30.9 Å². The second-order valence-corrected chi connectivity index (χ2v) is 5.90. The van der Waals surface area contributed by atoms with Crippen LogP contribution >= 0.6 is 11.6 Å². The van der Waals surface area contributed by atoms with Gasteiger partial charge in [0.2, 0.25) is 5.91 Å². The van der Waals surface area contributed by atoms with Gasteiger partial charge in [0.25, 0.3) is 0 Å². The van der Waals surface area contributed by atoms with Gasteiger partial charge in [-0.15, -0.1) is 11.6 Å². The third kappa shape index (κ3) is 12.7. The van der Waals surface area contributed by atoms with E-state index in [2.05, 4.69) is 17.0 Å². The number of unbranched alkanes of at least 4 members (excludes halogenated alkanes) is 8. The Morgan fingerprint density at radius 1 is 1.00 bits per heavy atom. The summed E-state index contributed by atoms with van der Waals surface area (Å²) < 4.78 is 4.48. The van der Waals surface area contributed by atoms with Crippen LogP contribution in [0.3, 0.4) is 0 Å². The number of carbonyl (C=O) groups excluding carboxylic acids is 2. The van der Waals surface area contributed by atoms with E-state index in [1.807, 2.05) is 0 Å². The monoisotopic (exact) mass is 319 g/mol. The van der Waals surface area contributed by atoms with E-state index in [-0.39, 0.29) is 12.5 Å². The SMILES string of the molecule is CCCCCCCCCCCC(=O)NCC(Cl)C(=O)OC. The Bertz CT molecular complexity index is 285. The summed E-state index contributed by atoms with van der Waals surface area (Å²) in [6.45, 7) is 2.35. The maximum Gasteiger partial charge on any atom is 0.325 e. The molecule has 0 aliphatic heterocycles. The van der Waals surface area contributed by atoms with Gasteiger partial charge in [-0.2, -0.15) is 0 Å². The lowest BCUT2D eigenvalue weighted by Crippen LogP contribution is -2.34. The standard InChI is InChI=1S/C16H30ClNO3/c1-3-4-5-6-7-8-9-10-11-12-15(19)18-13-14(17)16(20)21-2/h14H,3-13H2,1-2H3,(H,18,19). The predicted octanol–water partition coefficient (Wildman–Crippen LogP) is 3.80. The Labute approximate surface area is 134 Å². The van der Waals surface area contributed by atoms with Crippen molar-refractivity contribution in [3.8, 4) is 0 Å². The molecule has 0 aromatic rings. The van der Waals surface area contributed by atoms with Crippen molar-refractivity contribution >= 4 is 23.5 Å².